The predicted octanol–water partition coefficient (Wildman–Crippen LogP) is 4.65. The lowest BCUT2D eigenvalue weighted by Gasteiger charge is -2.28. The van der Waals surface area contributed by atoms with E-state index in [1.54, 1.807) is 6.92 Å². The fourth-order valence-corrected chi connectivity index (χ4v) is 2.44. The van der Waals surface area contributed by atoms with Crippen molar-refractivity contribution in [2.75, 3.05) is 0 Å². The fourth-order valence-electron chi connectivity index (χ4n) is 2.44. The van der Waals surface area contributed by atoms with Gasteiger partial charge in [0.25, 0.3) is 0 Å². The molecule has 0 saturated heterocycles. The Morgan fingerprint density at radius 2 is 1.84 bits per heavy atom. The van der Waals surface area contributed by atoms with Crippen LogP contribution in [-0.2, 0) is 5.41 Å². The van der Waals surface area contributed by atoms with Crippen LogP contribution in [0.1, 0.15) is 65.4 Å². The summed E-state index contributed by atoms with van der Waals surface area (Å²) >= 11 is 0. The molecule has 1 unspecified atom stereocenters. The van der Waals surface area contributed by atoms with Crippen molar-refractivity contribution in [3.63, 3.8) is 0 Å². The standard InChI is InChI=1S/C17H28O2/c1-5-6-7-10-13-17(3,4)15-11-8-9-12-16(15)19-14(2)18/h8-9,11-12,14,18H,5-7,10,13H2,1-4H3. The molecule has 2 heteroatoms. The van der Waals surface area contributed by atoms with Crippen molar-refractivity contribution in [3.05, 3.63) is 29.8 Å². The van der Waals surface area contributed by atoms with Crippen LogP contribution in [0.4, 0.5) is 0 Å². The van der Waals surface area contributed by atoms with Crippen LogP contribution in [0.25, 0.3) is 0 Å². The molecule has 0 amide bonds. The zero-order valence-corrected chi connectivity index (χ0v) is 12.8. The van der Waals surface area contributed by atoms with Crippen molar-refractivity contribution in [2.24, 2.45) is 0 Å². The molecule has 0 aliphatic carbocycles. The van der Waals surface area contributed by atoms with E-state index in [-0.39, 0.29) is 5.41 Å². The second-order valence-electron chi connectivity index (χ2n) is 5.91. The van der Waals surface area contributed by atoms with Crippen molar-refractivity contribution in [1.29, 1.82) is 0 Å². The molecule has 0 fully saturated rings. The minimum atomic E-state index is -0.767. The number of ether oxygens (including phenoxy) is 1. The van der Waals surface area contributed by atoms with Crippen LogP contribution in [0.2, 0.25) is 0 Å². The van der Waals surface area contributed by atoms with Gasteiger partial charge in [-0.3, -0.25) is 0 Å². The Morgan fingerprint density at radius 3 is 2.47 bits per heavy atom. The second-order valence-corrected chi connectivity index (χ2v) is 5.91. The summed E-state index contributed by atoms with van der Waals surface area (Å²) in [6.45, 7) is 8.38. The summed E-state index contributed by atoms with van der Waals surface area (Å²) in [5, 5.41) is 9.42. The predicted molar refractivity (Wildman–Crippen MR) is 80.5 cm³/mol. The molecule has 19 heavy (non-hydrogen) atoms. The largest absolute Gasteiger partial charge is 0.465 e. The van der Waals surface area contributed by atoms with Crippen LogP contribution < -0.4 is 4.74 Å². The molecule has 0 aliphatic heterocycles. The molecule has 0 spiro atoms. The zero-order chi connectivity index (χ0) is 14.3. The highest BCUT2D eigenvalue weighted by Crippen LogP contribution is 2.35. The number of hydrogen-bond donors (Lipinski definition) is 1. The maximum Gasteiger partial charge on any atom is 0.194 e. The van der Waals surface area contributed by atoms with Crippen LogP contribution in [0.3, 0.4) is 0 Å². The number of rotatable bonds is 8. The molecule has 0 heterocycles. The van der Waals surface area contributed by atoms with Gasteiger partial charge in [0.15, 0.2) is 6.29 Å². The Labute approximate surface area is 117 Å². The van der Waals surface area contributed by atoms with Crippen LogP contribution in [0.15, 0.2) is 24.3 Å². The molecule has 1 atom stereocenters. The highest BCUT2D eigenvalue weighted by Gasteiger charge is 2.24. The molecule has 2 nitrogen and oxygen atoms in total. The molecule has 0 radical (unpaired) electrons. The maximum absolute atomic E-state index is 9.42. The highest BCUT2D eigenvalue weighted by atomic mass is 16.6. The first kappa shape index (κ1) is 16.0. The van der Waals surface area contributed by atoms with Crippen molar-refractivity contribution >= 4 is 0 Å². The van der Waals surface area contributed by atoms with Gasteiger partial charge in [-0.2, -0.15) is 0 Å². The SMILES string of the molecule is CCCCCCC(C)(C)c1ccccc1OC(C)O. The molecule has 108 valence electrons. The topological polar surface area (TPSA) is 29.5 Å². The molecule has 0 aromatic heterocycles. The first-order valence-corrected chi connectivity index (χ1v) is 7.41. The number of benzene rings is 1. The average molecular weight is 264 g/mol. The fraction of sp³-hybridized carbons (Fsp3) is 0.647. The molecule has 0 bridgehead atoms. The van der Waals surface area contributed by atoms with Crippen molar-refractivity contribution in [3.8, 4) is 5.75 Å². The lowest BCUT2D eigenvalue weighted by atomic mass is 9.79. The van der Waals surface area contributed by atoms with E-state index in [0.29, 0.717) is 0 Å². The van der Waals surface area contributed by atoms with Crippen molar-refractivity contribution < 1.29 is 9.84 Å². The van der Waals surface area contributed by atoms with Gasteiger partial charge < -0.3 is 9.84 Å². The summed E-state index contributed by atoms with van der Waals surface area (Å²) in [6.07, 6.45) is 5.48. The van der Waals surface area contributed by atoms with Gasteiger partial charge in [0.2, 0.25) is 0 Å². The van der Waals surface area contributed by atoms with E-state index in [2.05, 4.69) is 26.8 Å². The Kier molecular flexibility index (Phi) is 6.36. The molecule has 1 rings (SSSR count). The van der Waals surface area contributed by atoms with E-state index in [9.17, 15) is 5.11 Å². The van der Waals surface area contributed by atoms with E-state index in [4.69, 9.17) is 4.74 Å². The Bertz CT molecular complexity index is 369. The monoisotopic (exact) mass is 264 g/mol. The number of aliphatic hydroxyl groups is 1. The minimum Gasteiger partial charge on any atom is -0.465 e. The van der Waals surface area contributed by atoms with Gasteiger partial charge in [0.1, 0.15) is 5.75 Å². The zero-order valence-electron chi connectivity index (χ0n) is 12.8. The van der Waals surface area contributed by atoms with Crippen LogP contribution in [0.5, 0.6) is 5.75 Å². The molecule has 0 aliphatic rings. The maximum atomic E-state index is 9.42. The van der Waals surface area contributed by atoms with Crippen molar-refractivity contribution in [1.82, 2.24) is 0 Å². The molecular formula is C17H28O2. The molecule has 1 aromatic carbocycles. The van der Waals surface area contributed by atoms with Gasteiger partial charge >= 0.3 is 0 Å². The van der Waals surface area contributed by atoms with Crippen LogP contribution in [0, 0.1) is 0 Å². The van der Waals surface area contributed by atoms with E-state index in [1.807, 2.05) is 18.2 Å². The summed E-state index contributed by atoms with van der Waals surface area (Å²) < 4.78 is 5.51. The summed E-state index contributed by atoms with van der Waals surface area (Å²) in [4.78, 5) is 0. The van der Waals surface area contributed by atoms with E-state index in [0.717, 1.165) is 12.2 Å². The third kappa shape index (κ3) is 5.23. The normalized spacial score (nSPS) is 13.3. The smallest absolute Gasteiger partial charge is 0.194 e. The molecule has 1 aromatic rings. The summed E-state index contributed by atoms with van der Waals surface area (Å²) in [6, 6.07) is 8.04. The Hall–Kier alpha value is -1.02. The molecule has 1 N–H and O–H groups in total. The van der Waals surface area contributed by atoms with Gasteiger partial charge in [-0.15, -0.1) is 0 Å². The summed E-state index contributed by atoms with van der Waals surface area (Å²) in [5.74, 6) is 0.804. The number of unbranched alkanes of at least 4 members (excludes halogenated alkanes) is 3. The lowest BCUT2D eigenvalue weighted by molar-refractivity contribution is -0.00169. The van der Waals surface area contributed by atoms with Crippen molar-refractivity contribution in [2.45, 2.75) is 71.5 Å². The van der Waals surface area contributed by atoms with Crippen LogP contribution in [-0.4, -0.2) is 11.4 Å². The van der Waals surface area contributed by atoms with E-state index in [1.165, 1.54) is 31.2 Å². The van der Waals surface area contributed by atoms with E-state index >= 15 is 0 Å². The number of para-hydroxylation sites is 1. The minimum absolute atomic E-state index is 0.0826. The average Bonchev–Trinajstić information content (AvgIpc) is 2.34. The third-order valence-corrected chi connectivity index (χ3v) is 3.57. The first-order valence-electron chi connectivity index (χ1n) is 7.41. The van der Waals surface area contributed by atoms with Gasteiger partial charge in [-0.05, 0) is 30.4 Å². The second kappa shape index (κ2) is 7.54. The van der Waals surface area contributed by atoms with Gasteiger partial charge in [-0.25, -0.2) is 0 Å². The number of hydrogen-bond acceptors (Lipinski definition) is 2. The summed E-state index contributed by atoms with van der Waals surface area (Å²) in [7, 11) is 0. The third-order valence-electron chi connectivity index (χ3n) is 3.57. The van der Waals surface area contributed by atoms with Gasteiger partial charge in [0, 0.05) is 0 Å². The highest BCUT2D eigenvalue weighted by molar-refractivity contribution is 5.38. The molecular weight excluding hydrogens is 236 g/mol. The quantitative estimate of drug-likeness (QED) is 0.547. The first-order chi connectivity index (χ1) is 8.97. The van der Waals surface area contributed by atoms with Crippen LogP contribution >= 0.6 is 0 Å². The number of aliphatic hydroxyl groups excluding tert-OH is 1. The molecule has 0 saturated carbocycles. The Morgan fingerprint density at radius 1 is 1.16 bits per heavy atom. The lowest BCUT2D eigenvalue weighted by Crippen LogP contribution is -2.20. The van der Waals surface area contributed by atoms with Gasteiger partial charge in [-0.1, -0.05) is 64.7 Å². The van der Waals surface area contributed by atoms with E-state index < -0.39 is 6.29 Å². The Balaban J connectivity index is 2.75. The van der Waals surface area contributed by atoms with Gasteiger partial charge in [0.05, 0.1) is 0 Å². The summed E-state index contributed by atoms with van der Waals surface area (Å²) in [5.41, 5.74) is 1.27.